The summed E-state index contributed by atoms with van der Waals surface area (Å²) in [5.74, 6) is -0.400. The van der Waals surface area contributed by atoms with Crippen LogP contribution in [0.15, 0.2) is 54.7 Å². The molecule has 0 unspecified atom stereocenters. The van der Waals surface area contributed by atoms with Crippen molar-refractivity contribution in [2.24, 2.45) is 11.7 Å². The minimum absolute atomic E-state index is 0.0203. The van der Waals surface area contributed by atoms with Crippen molar-refractivity contribution in [1.82, 2.24) is 14.3 Å². The SMILES string of the molecule is NC(=O)C1CCN(CCc2ccc(NC(=O)/C=C/c3c(Cl)nc4ccccn34)cc2)CC1. The third-order valence-electron chi connectivity index (χ3n) is 5.84. The number of imidazole rings is 1. The van der Waals surface area contributed by atoms with E-state index >= 15 is 0 Å². The maximum absolute atomic E-state index is 12.3. The summed E-state index contributed by atoms with van der Waals surface area (Å²) in [6.07, 6.45) is 7.56. The van der Waals surface area contributed by atoms with Crippen LogP contribution in [0.2, 0.25) is 5.15 Å². The molecule has 0 saturated carbocycles. The molecular formula is C24H26ClN5O2. The van der Waals surface area contributed by atoms with Crippen molar-refractivity contribution in [1.29, 1.82) is 0 Å². The van der Waals surface area contributed by atoms with Crippen LogP contribution in [0.25, 0.3) is 11.7 Å². The average Bonchev–Trinajstić information content (AvgIpc) is 3.12. The summed E-state index contributed by atoms with van der Waals surface area (Å²) in [6, 6.07) is 13.5. The Morgan fingerprint density at radius 1 is 1.16 bits per heavy atom. The molecular weight excluding hydrogens is 426 g/mol. The normalized spacial score (nSPS) is 15.4. The summed E-state index contributed by atoms with van der Waals surface area (Å²) in [5, 5.41) is 3.22. The zero-order chi connectivity index (χ0) is 22.5. The number of primary amides is 1. The van der Waals surface area contributed by atoms with E-state index in [1.165, 1.54) is 11.6 Å². The molecule has 3 N–H and O–H groups in total. The molecule has 2 amide bonds. The first kappa shape index (κ1) is 22.0. The van der Waals surface area contributed by atoms with Gasteiger partial charge in [0.15, 0.2) is 5.15 Å². The molecule has 8 heteroatoms. The van der Waals surface area contributed by atoms with Gasteiger partial charge in [-0.1, -0.05) is 29.8 Å². The highest BCUT2D eigenvalue weighted by Crippen LogP contribution is 2.20. The number of piperidine rings is 1. The number of nitrogens with zero attached hydrogens (tertiary/aromatic N) is 3. The van der Waals surface area contributed by atoms with Crippen LogP contribution >= 0.6 is 11.6 Å². The third kappa shape index (κ3) is 5.36. The number of aromatic nitrogens is 2. The number of benzene rings is 1. The van der Waals surface area contributed by atoms with E-state index in [4.69, 9.17) is 17.3 Å². The van der Waals surface area contributed by atoms with Gasteiger partial charge in [-0.05, 0) is 68.3 Å². The van der Waals surface area contributed by atoms with E-state index in [-0.39, 0.29) is 17.7 Å². The van der Waals surface area contributed by atoms with Crippen molar-refractivity contribution in [2.45, 2.75) is 19.3 Å². The molecule has 32 heavy (non-hydrogen) atoms. The highest BCUT2D eigenvalue weighted by atomic mass is 35.5. The molecule has 3 heterocycles. The number of pyridine rings is 1. The number of nitrogens with one attached hydrogen (secondary N) is 1. The summed E-state index contributed by atoms with van der Waals surface area (Å²) in [7, 11) is 0. The lowest BCUT2D eigenvalue weighted by atomic mass is 9.96. The number of carbonyl (C=O) groups is 2. The Kier molecular flexibility index (Phi) is 6.87. The fraction of sp³-hybridized carbons (Fsp3) is 0.292. The number of fused-ring (bicyclic) bond motifs is 1. The summed E-state index contributed by atoms with van der Waals surface area (Å²) in [5.41, 5.74) is 8.72. The second kappa shape index (κ2) is 9.97. The zero-order valence-electron chi connectivity index (χ0n) is 17.7. The number of nitrogens with two attached hydrogens (primary N) is 1. The van der Waals surface area contributed by atoms with Crippen molar-refractivity contribution < 1.29 is 9.59 Å². The number of hydrogen-bond acceptors (Lipinski definition) is 4. The lowest BCUT2D eigenvalue weighted by Gasteiger charge is -2.30. The number of rotatable bonds is 7. The van der Waals surface area contributed by atoms with Gasteiger partial charge in [-0.25, -0.2) is 4.98 Å². The van der Waals surface area contributed by atoms with E-state index in [1.54, 1.807) is 6.08 Å². The molecule has 4 rings (SSSR count). The first-order valence-corrected chi connectivity index (χ1v) is 11.1. The molecule has 2 aromatic heterocycles. The maximum atomic E-state index is 12.3. The lowest BCUT2D eigenvalue weighted by molar-refractivity contribution is -0.123. The highest BCUT2D eigenvalue weighted by Gasteiger charge is 2.22. The molecule has 166 valence electrons. The van der Waals surface area contributed by atoms with Crippen molar-refractivity contribution in [3.63, 3.8) is 0 Å². The molecule has 0 spiro atoms. The van der Waals surface area contributed by atoms with Gasteiger partial charge in [0.1, 0.15) is 5.65 Å². The van der Waals surface area contributed by atoms with Crippen molar-refractivity contribution >= 4 is 40.8 Å². The fourth-order valence-electron chi connectivity index (χ4n) is 3.96. The number of anilines is 1. The Hall–Kier alpha value is -3.16. The molecule has 3 aromatic rings. The smallest absolute Gasteiger partial charge is 0.248 e. The van der Waals surface area contributed by atoms with E-state index < -0.39 is 0 Å². The largest absolute Gasteiger partial charge is 0.369 e. The Morgan fingerprint density at radius 3 is 2.62 bits per heavy atom. The lowest BCUT2D eigenvalue weighted by Crippen LogP contribution is -2.39. The number of hydrogen-bond donors (Lipinski definition) is 2. The Balaban J connectivity index is 1.28. The number of carbonyl (C=O) groups excluding carboxylic acids is 2. The van der Waals surface area contributed by atoms with Crippen LogP contribution in [0, 0.1) is 5.92 Å². The Labute approximate surface area is 191 Å². The molecule has 1 aliphatic heterocycles. The average molecular weight is 452 g/mol. The molecule has 1 aliphatic rings. The van der Waals surface area contributed by atoms with Gasteiger partial charge < -0.3 is 16.0 Å². The van der Waals surface area contributed by atoms with Crippen molar-refractivity contribution in [3.8, 4) is 0 Å². The predicted octanol–water partition coefficient (Wildman–Crippen LogP) is 3.38. The van der Waals surface area contributed by atoms with Gasteiger partial charge in [-0.2, -0.15) is 0 Å². The van der Waals surface area contributed by atoms with Crippen molar-refractivity contribution in [2.75, 3.05) is 25.0 Å². The van der Waals surface area contributed by atoms with Gasteiger partial charge in [0.25, 0.3) is 0 Å². The standard InChI is InChI=1S/C24H26ClN5O2/c25-23-20(30-13-2-1-3-21(30)28-23)8-9-22(31)27-19-6-4-17(5-7-19)10-14-29-15-11-18(12-16-29)24(26)32/h1-9,13,18H,10-12,14-16H2,(H2,26,32)(H,27,31)/b9-8+. The third-order valence-corrected chi connectivity index (χ3v) is 6.12. The van der Waals surface area contributed by atoms with Gasteiger partial charge >= 0.3 is 0 Å². The molecule has 1 saturated heterocycles. The summed E-state index contributed by atoms with van der Waals surface area (Å²) >= 11 is 6.20. The first-order valence-electron chi connectivity index (χ1n) is 10.7. The summed E-state index contributed by atoms with van der Waals surface area (Å²) in [4.78, 5) is 30.2. The second-order valence-electron chi connectivity index (χ2n) is 8.00. The van der Waals surface area contributed by atoms with Crippen LogP contribution < -0.4 is 11.1 Å². The van der Waals surface area contributed by atoms with Crippen LogP contribution in [0.5, 0.6) is 0 Å². The van der Waals surface area contributed by atoms with E-state index in [0.717, 1.165) is 50.2 Å². The topological polar surface area (TPSA) is 92.7 Å². The summed E-state index contributed by atoms with van der Waals surface area (Å²) in [6.45, 7) is 2.76. The monoisotopic (exact) mass is 451 g/mol. The van der Waals surface area contributed by atoms with Crippen LogP contribution in [-0.2, 0) is 16.0 Å². The first-order chi connectivity index (χ1) is 15.5. The predicted molar refractivity (Wildman–Crippen MR) is 126 cm³/mol. The van der Waals surface area contributed by atoms with Crippen LogP contribution in [0.4, 0.5) is 5.69 Å². The molecule has 0 aliphatic carbocycles. The van der Waals surface area contributed by atoms with Gasteiger partial charge in [0, 0.05) is 30.4 Å². The van der Waals surface area contributed by atoms with Crippen LogP contribution in [0.3, 0.4) is 0 Å². The van der Waals surface area contributed by atoms with Crippen molar-refractivity contribution in [3.05, 3.63) is 71.1 Å². The molecule has 0 radical (unpaired) electrons. The molecule has 0 bridgehead atoms. The quantitative estimate of drug-likeness (QED) is 0.538. The second-order valence-corrected chi connectivity index (χ2v) is 8.36. The summed E-state index contributed by atoms with van der Waals surface area (Å²) < 4.78 is 1.83. The number of halogens is 1. The number of likely N-dealkylation sites (tertiary alicyclic amines) is 1. The minimum Gasteiger partial charge on any atom is -0.369 e. The van der Waals surface area contributed by atoms with E-state index in [2.05, 4.69) is 15.2 Å². The zero-order valence-corrected chi connectivity index (χ0v) is 18.5. The van der Waals surface area contributed by atoms with Crippen LogP contribution in [0.1, 0.15) is 24.1 Å². The van der Waals surface area contributed by atoms with Gasteiger partial charge in [-0.3, -0.25) is 14.0 Å². The Morgan fingerprint density at radius 2 is 1.91 bits per heavy atom. The molecule has 0 atom stereocenters. The van der Waals surface area contributed by atoms with Gasteiger partial charge in [0.2, 0.25) is 11.8 Å². The highest BCUT2D eigenvalue weighted by molar-refractivity contribution is 6.31. The fourth-order valence-corrected chi connectivity index (χ4v) is 4.20. The minimum atomic E-state index is -0.239. The maximum Gasteiger partial charge on any atom is 0.248 e. The van der Waals surface area contributed by atoms with Gasteiger partial charge in [0.05, 0.1) is 5.69 Å². The molecule has 7 nitrogen and oxygen atoms in total. The van der Waals surface area contributed by atoms with Crippen LogP contribution in [-0.4, -0.2) is 45.7 Å². The van der Waals surface area contributed by atoms with E-state index in [1.807, 2.05) is 53.1 Å². The van der Waals surface area contributed by atoms with Gasteiger partial charge in [-0.15, -0.1) is 0 Å². The molecule has 1 aromatic carbocycles. The molecule has 1 fully saturated rings. The number of amides is 2. The Bertz CT molecular complexity index is 1130. The van der Waals surface area contributed by atoms with E-state index in [0.29, 0.717) is 10.8 Å². The van der Waals surface area contributed by atoms with E-state index in [9.17, 15) is 9.59 Å².